The SMILES string of the molecule is CCc1cccc(CCC2Cc3ccccc3-c3cc(C(C)(C)C)ccc32)c1. The Labute approximate surface area is 170 Å². The summed E-state index contributed by atoms with van der Waals surface area (Å²) in [5, 5.41) is 0. The molecule has 0 bridgehead atoms. The van der Waals surface area contributed by atoms with Crippen molar-refractivity contribution >= 4 is 0 Å². The second-order valence-electron chi connectivity index (χ2n) is 9.32. The molecule has 144 valence electrons. The summed E-state index contributed by atoms with van der Waals surface area (Å²) in [6.07, 6.45) is 4.64. The zero-order chi connectivity index (χ0) is 19.7. The minimum atomic E-state index is 0.178. The van der Waals surface area contributed by atoms with Crippen molar-refractivity contribution in [2.45, 2.75) is 64.7 Å². The quantitative estimate of drug-likeness (QED) is 0.447. The third-order valence-electron chi connectivity index (χ3n) is 6.31. The van der Waals surface area contributed by atoms with Crippen LogP contribution < -0.4 is 0 Å². The highest BCUT2D eigenvalue weighted by molar-refractivity contribution is 5.75. The first-order valence-corrected chi connectivity index (χ1v) is 10.8. The lowest BCUT2D eigenvalue weighted by Crippen LogP contribution is -2.16. The lowest BCUT2D eigenvalue weighted by molar-refractivity contribution is 0.585. The van der Waals surface area contributed by atoms with Gasteiger partial charge in [-0.15, -0.1) is 0 Å². The zero-order valence-electron chi connectivity index (χ0n) is 17.8. The largest absolute Gasteiger partial charge is 0.0620 e. The lowest BCUT2D eigenvalue weighted by Gasteiger charge is -2.30. The molecule has 1 aliphatic rings. The van der Waals surface area contributed by atoms with Crippen molar-refractivity contribution in [3.63, 3.8) is 0 Å². The number of aryl methyl sites for hydroxylation is 2. The van der Waals surface area contributed by atoms with Gasteiger partial charge in [0.05, 0.1) is 0 Å². The van der Waals surface area contributed by atoms with E-state index in [9.17, 15) is 0 Å². The molecule has 0 fully saturated rings. The third kappa shape index (κ3) is 3.78. The average molecular weight is 369 g/mol. The van der Waals surface area contributed by atoms with E-state index in [-0.39, 0.29) is 5.41 Å². The van der Waals surface area contributed by atoms with Crippen molar-refractivity contribution in [1.29, 1.82) is 0 Å². The van der Waals surface area contributed by atoms with Gasteiger partial charge in [-0.05, 0) is 76.0 Å². The van der Waals surface area contributed by atoms with Crippen LogP contribution in [0.5, 0.6) is 0 Å². The van der Waals surface area contributed by atoms with Gasteiger partial charge in [-0.2, -0.15) is 0 Å². The molecule has 0 saturated heterocycles. The van der Waals surface area contributed by atoms with Crippen LogP contribution in [0.3, 0.4) is 0 Å². The normalized spacial score (nSPS) is 15.8. The van der Waals surface area contributed by atoms with Crippen molar-refractivity contribution in [2.75, 3.05) is 0 Å². The van der Waals surface area contributed by atoms with Crippen molar-refractivity contribution in [2.24, 2.45) is 0 Å². The Kier molecular flexibility index (Phi) is 5.15. The number of hydrogen-bond donors (Lipinski definition) is 0. The summed E-state index contributed by atoms with van der Waals surface area (Å²) >= 11 is 0. The highest BCUT2D eigenvalue weighted by atomic mass is 14.3. The molecule has 0 radical (unpaired) electrons. The van der Waals surface area contributed by atoms with Gasteiger partial charge in [0.15, 0.2) is 0 Å². The maximum Gasteiger partial charge on any atom is -0.0112 e. The molecule has 0 N–H and O–H groups in total. The molecule has 1 atom stereocenters. The van der Waals surface area contributed by atoms with Crippen LogP contribution in [0.4, 0.5) is 0 Å². The second kappa shape index (κ2) is 7.59. The molecule has 0 heterocycles. The van der Waals surface area contributed by atoms with E-state index in [1.54, 1.807) is 5.56 Å². The van der Waals surface area contributed by atoms with Gasteiger partial charge in [-0.25, -0.2) is 0 Å². The van der Waals surface area contributed by atoms with Crippen LogP contribution in [0, 0.1) is 0 Å². The Morgan fingerprint density at radius 3 is 2.39 bits per heavy atom. The van der Waals surface area contributed by atoms with Crippen molar-refractivity contribution in [1.82, 2.24) is 0 Å². The Bertz CT molecular complexity index is 971. The molecule has 0 saturated carbocycles. The van der Waals surface area contributed by atoms with Crippen LogP contribution in [0.15, 0.2) is 66.7 Å². The third-order valence-corrected chi connectivity index (χ3v) is 6.31. The molecule has 4 rings (SSSR count). The van der Waals surface area contributed by atoms with Gasteiger partial charge in [-0.3, -0.25) is 0 Å². The summed E-state index contributed by atoms with van der Waals surface area (Å²) < 4.78 is 0. The van der Waals surface area contributed by atoms with E-state index in [0.717, 1.165) is 19.3 Å². The molecule has 1 unspecified atom stereocenters. The summed E-state index contributed by atoms with van der Waals surface area (Å²) in [6, 6.07) is 25.4. The molecule has 0 amide bonds. The number of benzene rings is 3. The fourth-order valence-electron chi connectivity index (χ4n) is 4.55. The van der Waals surface area contributed by atoms with Gasteiger partial charge in [0, 0.05) is 0 Å². The number of hydrogen-bond acceptors (Lipinski definition) is 0. The second-order valence-corrected chi connectivity index (χ2v) is 9.32. The van der Waals surface area contributed by atoms with Gasteiger partial charge in [0.1, 0.15) is 0 Å². The van der Waals surface area contributed by atoms with Crippen LogP contribution in [0.2, 0.25) is 0 Å². The van der Waals surface area contributed by atoms with E-state index in [1.807, 2.05) is 0 Å². The Morgan fingerprint density at radius 1 is 0.821 bits per heavy atom. The molecule has 1 aliphatic carbocycles. The van der Waals surface area contributed by atoms with Gasteiger partial charge in [0.25, 0.3) is 0 Å². The molecule has 0 spiro atoms. The minimum absolute atomic E-state index is 0.178. The van der Waals surface area contributed by atoms with E-state index < -0.39 is 0 Å². The van der Waals surface area contributed by atoms with Crippen molar-refractivity contribution < 1.29 is 0 Å². The van der Waals surface area contributed by atoms with Gasteiger partial charge in [-0.1, -0.05) is 94.4 Å². The average Bonchev–Trinajstić information content (AvgIpc) is 2.71. The fourth-order valence-corrected chi connectivity index (χ4v) is 4.55. The first kappa shape index (κ1) is 19.0. The predicted octanol–water partition coefficient (Wildman–Crippen LogP) is 7.49. The highest BCUT2D eigenvalue weighted by Gasteiger charge is 2.26. The number of rotatable bonds is 4. The topological polar surface area (TPSA) is 0 Å². The van der Waals surface area contributed by atoms with Crippen molar-refractivity contribution in [3.05, 3.63) is 94.5 Å². The molecule has 0 nitrogen and oxygen atoms in total. The first-order chi connectivity index (χ1) is 13.5. The number of fused-ring (bicyclic) bond motifs is 3. The standard InChI is InChI=1S/C28H32/c1-5-20-9-8-10-21(17-20)13-14-23-18-22-11-6-7-12-25(22)27-19-24(28(2,3)4)15-16-26(23)27/h6-12,15-17,19,23H,5,13-14,18H2,1-4H3. The van der Waals surface area contributed by atoms with E-state index in [2.05, 4.69) is 94.4 Å². The van der Waals surface area contributed by atoms with Crippen LogP contribution in [-0.4, -0.2) is 0 Å². The van der Waals surface area contributed by atoms with E-state index in [1.165, 1.54) is 39.8 Å². The van der Waals surface area contributed by atoms with E-state index in [4.69, 9.17) is 0 Å². The summed E-state index contributed by atoms with van der Waals surface area (Å²) in [5.41, 5.74) is 10.5. The molecule has 28 heavy (non-hydrogen) atoms. The Morgan fingerprint density at radius 2 is 1.61 bits per heavy atom. The van der Waals surface area contributed by atoms with Crippen LogP contribution in [-0.2, 0) is 24.7 Å². The van der Waals surface area contributed by atoms with E-state index >= 15 is 0 Å². The fraction of sp³-hybridized carbons (Fsp3) is 0.357. The molecule has 0 aromatic heterocycles. The van der Waals surface area contributed by atoms with Crippen LogP contribution in [0.1, 0.15) is 67.9 Å². The monoisotopic (exact) mass is 368 g/mol. The molecule has 3 aromatic carbocycles. The van der Waals surface area contributed by atoms with Crippen LogP contribution in [0.25, 0.3) is 11.1 Å². The maximum atomic E-state index is 2.46. The lowest BCUT2D eigenvalue weighted by atomic mass is 9.74. The van der Waals surface area contributed by atoms with Gasteiger partial charge in [0.2, 0.25) is 0 Å². The zero-order valence-corrected chi connectivity index (χ0v) is 17.8. The molecule has 0 aliphatic heterocycles. The Balaban J connectivity index is 1.67. The summed E-state index contributed by atoms with van der Waals surface area (Å²) in [4.78, 5) is 0. The highest BCUT2D eigenvalue weighted by Crippen LogP contribution is 2.43. The first-order valence-electron chi connectivity index (χ1n) is 10.8. The molecular formula is C28H32. The van der Waals surface area contributed by atoms with E-state index in [0.29, 0.717) is 5.92 Å². The summed E-state index contributed by atoms with van der Waals surface area (Å²) in [6.45, 7) is 9.16. The van der Waals surface area contributed by atoms with Gasteiger partial charge >= 0.3 is 0 Å². The van der Waals surface area contributed by atoms with Crippen molar-refractivity contribution in [3.8, 4) is 11.1 Å². The van der Waals surface area contributed by atoms with Crippen LogP contribution >= 0.6 is 0 Å². The van der Waals surface area contributed by atoms with Gasteiger partial charge < -0.3 is 0 Å². The maximum absolute atomic E-state index is 2.46. The Hall–Kier alpha value is -2.34. The molecular weight excluding hydrogens is 336 g/mol. The minimum Gasteiger partial charge on any atom is -0.0620 e. The predicted molar refractivity (Wildman–Crippen MR) is 121 cm³/mol. The molecule has 3 aromatic rings. The molecule has 0 heteroatoms. The summed E-state index contributed by atoms with van der Waals surface area (Å²) in [5.74, 6) is 0.601. The summed E-state index contributed by atoms with van der Waals surface area (Å²) in [7, 11) is 0. The smallest absolute Gasteiger partial charge is 0.0112 e.